The van der Waals surface area contributed by atoms with Gasteiger partial charge in [-0.3, -0.25) is 0 Å². The molecule has 1 unspecified atom stereocenters. The van der Waals surface area contributed by atoms with E-state index < -0.39 is 5.97 Å². The molecule has 14 heavy (non-hydrogen) atoms. The lowest BCUT2D eigenvalue weighted by atomic mass is 10.5. The minimum Gasteiger partial charge on any atom is -0.463 e. The molecule has 80 valence electrons. The molecule has 2 radical (unpaired) electrons. The lowest BCUT2D eigenvalue weighted by Gasteiger charge is -2.19. The molecule has 1 atom stereocenters. The SMILES string of the molecule is C=CC(=O)OC(CC)[Si]C(OC)OC. The Morgan fingerprint density at radius 2 is 2.07 bits per heavy atom. The predicted octanol–water partition coefficient (Wildman–Crippen LogP) is 0.732. The van der Waals surface area contributed by atoms with Crippen molar-refractivity contribution in [3.05, 3.63) is 12.7 Å². The zero-order valence-corrected chi connectivity index (χ0v) is 9.78. The third-order valence-corrected chi connectivity index (χ3v) is 3.19. The van der Waals surface area contributed by atoms with Crippen LogP contribution in [0.3, 0.4) is 0 Å². The van der Waals surface area contributed by atoms with E-state index in [1.807, 2.05) is 6.92 Å². The number of rotatable bonds is 7. The molecule has 0 spiro atoms. The summed E-state index contributed by atoms with van der Waals surface area (Å²) in [5.74, 6) is -0.715. The number of carbonyl (C=O) groups excluding carboxylic acids is 1. The van der Waals surface area contributed by atoms with Gasteiger partial charge >= 0.3 is 5.97 Å². The first-order chi connectivity index (χ1) is 6.67. The third kappa shape index (κ3) is 5.16. The average Bonchev–Trinajstić information content (AvgIpc) is 2.23. The first-order valence-corrected chi connectivity index (χ1v) is 5.48. The van der Waals surface area contributed by atoms with Crippen LogP contribution in [0.2, 0.25) is 0 Å². The van der Waals surface area contributed by atoms with Gasteiger partial charge in [-0.15, -0.1) is 0 Å². The molecule has 0 aromatic carbocycles. The van der Waals surface area contributed by atoms with Crippen LogP contribution in [0.5, 0.6) is 0 Å². The van der Waals surface area contributed by atoms with E-state index in [1.54, 1.807) is 14.2 Å². The highest BCUT2D eigenvalue weighted by Crippen LogP contribution is 2.02. The Balaban J connectivity index is 4.00. The summed E-state index contributed by atoms with van der Waals surface area (Å²) in [5, 5.41) is 0. The van der Waals surface area contributed by atoms with Crippen molar-refractivity contribution in [1.82, 2.24) is 0 Å². The summed E-state index contributed by atoms with van der Waals surface area (Å²) in [6.45, 7) is 5.27. The molecule has 0 amide bonds. The monoisotopic (exact) mass is 216 g/mol. The summed E-state index contributed by atoms with van der Waals surface area (Å²) in [6.07, 6.45) is 1.89. The van der Waals surface area contributed by atoms with Gasteiger partial charge in [0.05, 0.1) is 5.73 Å². The quantitative estimate of drug-likeness (QED) is 0.272. The molecular formula is C9H16O4Si. The molecule has 0 saturated heterocycles. The van der Waals surface area contributed by atoms with Crippen LogP contribution in [0.15, 0.2) is 12.7 Å². The largest absolute Gasteiger partial charge is 0.463 e. The van der Waals surface area contributed by atoms with E-state index in [0.717, 1.165) is 12.5 Å². The summed E-state index contributed by atoms with van der Waals surface area (Å²) < 4.78 is 15.1. The second kappa shape index (κ2) is 7.72. The Kier molecular flexibility index (Phi) is 7.36. The lowest BCUT2D eigenvalue weighted by Crippen LogP contribution is -2.34. The number of ether oxygens (including phenoxy) is 3. The molecule has 0 heterocycles. The zero-order valence-electron chi connectivity index (χ0n) is 8.78. The maximum absolute atomic E-state index is 10.9. The van der Waals surface area contributed by atoms with E-state index in [-0.39, 0.29) is 21.2 Å². The number of esters is 1. The van der Waals surface area contributed by atoms with Crippen LogP contribution in [0.25, 0.3) is 0 Å². The van der Waals surface area contributed by atoms with Gasteiger partial charge in [-0.05, 0) is 6.42 Å². The van der Waals surface area contributed by atoms with E-state index in [9.17, 15) is 4.79 Å². The minimum absolute atomic E-state index is 0.162. The molecule has 0 aromatic rings. The van der Waals surface area contributed by atoms with Crippen molar-refractivity contribution in [3.8, 4) is 0 Å². The molecule has 0 aliphatic carbocycles. The fourth-order valence-corrected chi connectivity index (χ4v) is 1.80. The van der Waals surface area contributed by atoms with Crippen molar-refractivity contribution in [2.45, 2.75) is 25.0 Å². The second-order valence-electron chi connectivity index (χ2n) is 2.51. The Hall–Kier alpha value is -0.653. The highest BCUT2D eigenvalue weighted by atomic mass is 28.2. The van der Waals surface area contributed by atoms with Gasteiger partial charge in [-0.1, -0.05) is 13.5 Å². The summed E-state index contributed by atoms with van der Waals surface area (Å²) >= 11 is 0. The van der Waals surface area contributed by atoms with E-state index >= 15 is 0 Å². The van der Waals surface area contributed by atoms with Gasteiger partial charge < -0.3 is 14.2 Å². The van der Waals surface area contributed by atoms with Crippen molar-refractivity contribution in [2.75, 3.05) is 14.2 Å². The molecule has 0 aliphatic rings. The molecule has 0 aromatic heterocycles. The van der Waals surface area contributed by atoms with Gasteiger partial charge in [0.15, 0.2) is 9.52 Å². The van der Waals surface area contributed by atoms with E-state index in [4.69, 9.17) is 14.2 Å². The van der Waals surface area contributed by atoms with Gasteiger partial charge in [0.1, 0.15) is 5.91 Å². The third-order valence-electron chi connectivity index (χ3n) is 1.55. The summed E-state index contributed by atoms with van der Waals surface area (Å²) in [4.78, 5) is 10.9. The Morgan fingerprint density at radius 3 is 2.43 bits per heavy atom. The highest BCUT2D eigenvalue weighted by molar-refractivity contribution is 6.38. The average molecular weight is 216 g/mol. The number of carbonyl (C=O) groups is 1. The predicted molar refractivity (Wildman–Crippen MR) is 53.9 cm³/mol. The smallest absolute Gasteiger partial charge is 0.330 e. The maximum Gasteiger partial charge on any atom is 0.330 e. The molecule has 5 heteroatoms. The minimum atomic E-state index is -0.407. The fourth-order valence-electron chi connectivity index (χ4n) is 0.808. The van der Waals surface area contributed by atoms with Gasteiger partial charge in [0.2, 0.25) is 0 Å². The summed E-state index contributed by atoms with van der Waals surface area (Å²) in [7, 11) is 3.39. The Morgan fingerprint density at radius 1 is 1.50 bits per heavy atom. The fraction of sp³-hybridized carbons (Fsp3) is 0.667. The molecule has 4 nitrogen and oxygen atoms in total. The Bertz CT molecular complexity index is 180. The van der Waals surface area contributed by atoms with Gasteiger partial charge in [0, 0.05) is 20.3 Å². The molecule has 0 fully saturated rings. The molecule has 0 saturated carbocycles. The summed E-state index contributed by atoms with van der Waals surface area (Å²) in [6, 6.07) is 0. The van der Waals surface area contributed by atoms with Crippen LogP contribution in [0.1, 0.15) is 13.3 Å². The van der Waals surface area contributed by atoms with Gasteiger partial charge in [-0.2, -0.15) is 0 Å². The van der Waals surface area contributed by atoms with E-state index in [0.29, 0.717) is 0 Å². The van der Waals surface area contributed by atoms with Crippen LogP contribution in [0.4, 0.5) is 0 Å². The molecule has 0 bridgehead atoms. The van der Waals surface area contributed by atoms with Crippen LogP contribution in [-0.2, 0) is 19.0 Å². The lowest BCUT2D eigenvalue weighted by molar-refractivity contribution is -0.140. The van der Waals surface area contributed by atoms with E-state index in [2.05, 4.69) is 6.58 Å². The standard InChI is InChI=1S/C9H16O4Si/c1-5-7(10)13-8(6-2)14-9(11-3)12-4/h5,8-9H,1,6H2,2-4H3. The first kappa shape index (κ1) is 13.3. The van der Waals surface area contributed by atoms with Crippen molar-refractivity contribution >= 4 is 15.5 Å². The topological polar surface area (TPSA) is 44.8 Å². The number of hydrogen-bond acceptors (Lipinski definition) is 4. The first-order valence-electron chi connectivity index (χ1n) is 4.32. The molecule has 0 aliphatic heterocycles. The Labute approximate surface area is 87.0 Å². The van der Waals surface area contributed by atoms with E-state index in [1.165, 1.54) is 0 Å². The highest BCUT2D eigenvalue weighted by Gasteiger charge is 2.18. The van der Waals surface area contributed by atoms with Gasteiger partial charge in [0.25, 0.3) is 0 Å². The van der Waals surface area contributed by atoms with Crippen molar-refractivity contribution in [3.63, 3.8) is 0 Å². The molecule has 0 rings (SSSR count). The maximum atomic E-state index is 10.9. The van der Waals surface area contributed by atoms with Crippen molar-refractivity contribution in [2.24, 2.45) is 0 Å². The number of hydrogen-bond donors (Lipinski definition) is 0. The van der Waals surface area contributed by atoms with Crippen LogP contribution >= 0.6 is 0 Å². The van der Waals surface area contributed by atoms with Crippen LogP contribution in [-0.4, -0.2) is 41.3 Å². The molecular weight excluding hydrogens is 200 g/mol. The van der Waals surface area contributed by atoms with Crippen LogP contribution < -0.4 is 0 Å². The summed E-state index contributed by atoms with van der Waals surface area (Å²) in [5.41, 5.74) is -0.162. The normalized spacial score (nSPS) is 12.6. The van der Waals surface area contributed by atoms with Crippen LogP contribution in [0, 0.1) is 0 Å². The van der Waals surface area contributed by atoms with Crippen molar-refractivity contribution < 1.29 is 19.0 Å². The number of methoxy groups -OCH3 is 2. The zero-order chi connectivity index (χ0) is 11.0. The second-order valence-corrected chi connectivity index (χ2v) is 3.96. The van der Waals surface area contributed by atoms with Gasteiger partial charge in [-0.25, -0.2) is 4.79 Å². The molecule has 0 N–H and O–H groups in total. The van der Waals surface area contributed by atoms with Crippen molar-refractivity contribution in [1.29, 1.82) is 0 Å².